The van der Waals surface area contributed by atoms with Gasteiger partial charge in [0, 0.05) is 5.70 Å². The fraction of sp³-hybridized carbons (Fsp3) is 0.333. The van der Waals surface area contributed by atoms with Crippen molar-refractivity contribution in [1.82, 2.24) is 10.6 Å². The minimum atomic E-state index is -0.482. The number of benzene rings is 1. The summed E-state index contributed by atoms with van der Waals surface area (Å²) >= 11 is 7.20. The van der Waals surface area contributed by atoms with Crippen molar-refractivity contribution in [2.24, 2.45) is 0 Å². The van der Waals surface area contributed by atoms with E-state index in [2.05, 4.69) is 10.6 Å². The number of halogens is 1. The summed E-state index contributed by atoms with van der Waals surface area (Å²) < 4.78 is 11.0. The van der Waals surface area contributed by atoms with E-state index >= 15 is 0 Å². The summed E-state index contributed by atoms with van der Waals surface area (Å²) in [7, 11) is 1.33. The van der Waals surface area contributed by atoms with Crippen LogP contribution in [0.2, 0.25) is 0 Å². The number of hydrogen-bond acceptors (Lipinski definition) is 5. The van der Waals surface area contributed by atoms with E-state index in [1.807, 2.05) is 29.5 Å². The van der Waals surface area contributed by atoms with Crippen molar-refractivity contribution >= 4 is 45.9 Å². The first-order valence-corrected chi connectivity index (χ1v) is 8.39. The van der Waals surface area contributed by atoms with Crippen molar-refractivity contribution in [2.75, 3.05) is 13.7 Å². The number of methoxy groups -OCH3 is 1. The van der Waals surface area contributed by atoms with Crippen LogP contribution in [0.5, 0.6) is 11.5 Å². The predicted octanol–water partition coefficient (Wildman–Crippen LogP) is 2.36. The molecule has 1 atom stereocenters. The van der Waals surface area contributed by atoms with Crippen molar-refractivity contribution in [3.63, 3.8) is 0 Å². The lowest BCUT2D eigenvalue weighted by Crippen LogP contribution is -2.45. The average molecular weight is 448 g/mol. The molecule has 0 saturated heterocycles. The molecule has 1 aromatic rings. The molecule has 0 saturated carbocycles. The Kier molecular flexibility index (Phi) is 5.69. The van der Waals surface area contributed by atoms with Gasteiger partial charge in [0.2, 0.25) is 0 Å². The van der Waals surface area contributed by atoms with E-state index in [0.29, 0.717) is 32.3 Å². The van der Waals surface area contributed by atoms with E-state index in [-0.39, 0.29) is 5.75 Å². The van der Waals surface area contributed by atoms with Crippen molar-refractivity contribution in [3.05, 3.63) is 32.5 Å². The van der Waals surface area contributed by atoms with E-state index < -0.39 is 12.0 Å². The van der Waals surface area contributed by atoms with E-state index in [9.17, 15) is 9.90 Å². The van der Waals surface area contributed by atoms with Gasteiger partial charge in [0.15, 0.2) is 16.6 Å². The molecular weight excluding hydrogens is 431 g/mol. The maximum Gasteiger partial charge on any atom is 0.337 e. The van der Waals surface area contributed by atoms with Gasteiger partial charge in [-0.3, -0.25) is 0 Å². The van der Waals surface area contributed by atoms with Crippen LogP contribution in [0.15, 0.2) is 23.4 Å². The molecule has 1 aliphatic heterocycles. The highest BCUT2D eigenvalue weighted by atomic mass is 127. The maximum absolute atomic E-state index is 12.1. The maximum atomic E-state index is 12.1. The van der Waals surface area contributed by atoms with E-state index in [1.165, 1.54) is 7.11 Å². The summed E-state index contributed by atoms with van der Waals surface area (Å²) in [4.78, 5) is 12.1. The number of rotatable bonds is 4. The molecule has 1 aromatic carbocycles. The zero-order chi connectivity index (χ0) is 17.1. The van der Waals surface area contributed by atoms with Crippen LogP contribution in [0.3, 0.4) is 0 Å². The lowest BCUT2D eigenvalue weighted by Gasteiger charge is -2.30. The van der Waals surface area contributed by atoms with Crippen LogP contribution >= 0.6 is 34.8 Å². The number of thiocarbonyl (C=S) groups is 1. The van der Waals surface area contributed by atoms with Gasteiger partial charge >= 0.3 is 5.97 Å². The molecule has 2 rings (SSSR count). The van der Waals surface area contributed by atoms with Gasteiger partial charge in [0.1, 0.15) is 0 Å². The smallest absolute Gasteiger partial charge is 0.337 e. The summed E-state index contributed by atoms with van der Waals surface area (Å²) in [6.07, 6.45) is 0. The first-order chi connectivity index (χ1) is 10.9. The van der Waals surface area contributed by atoms with Crippen molar-refractivity contribution in [2.45, 2.75) is 19.9 Å². The second-order valence-electron chi connectivity index (χ2n) is 4.84. The van der Waals surface area contributed by atoms with Gasteiger partial charge in [-0.25, -0.2) is 4.79 Å². The van der Waals surface area contributed by atoms with Gasteiger partial charge in [0.25, 0.3) is 0 Å². The molecule has 0 fully saturated rings. The van der Waals surface area contributed by atoms with Crippen molar-refractivity contribution in [1.29, 1.82) is 0 Å². The molecule has 8 heteroatoms. The minimum Gasteiger partial charge on any atom is -0.504 e. The second-order valence-corrected chi connectivity index (χ2v) is 6.41. The van der Waals surface area contributed by atoms with E-state index in [4.69, 9.17) is 21.7 Å². The molecule has 0 spiro atoms. The molecule has 6 nitrogen and oxygen atoms in total. The van der Waals surface area contributed by atoms with Crippen LogP contribution in [0.1, 0.15) is 25.5 Å². The molecule has 1 unspecified atom stereocenters. The number of phenols is 1. The molecule has 0 aromatic heterocycles. The zero-order valence-electron chi connectivity index (χ0n) is 12.9. The highest BCUT2D eigenvalue weighted by Gasteiger charge is 2.31. The standard InChI is InChI=1S/C15H17IN2O4S/c1-4-22-10-6-8(5-9(16)13(10)19)12-11(14(20)21-3)7(2)17-15(23)18-12/h5-6,12,19H,4H2,1-3H3,(H2,17,18,23). The van der Waals surface area contributed by atoms with Gasteiger partial charge in [-0.05, 0) is 66.4 Å². The fourth-order valence-electron chi connectivity index (χ4n) is 2.35. The summed E-state index contributed by atoms with van der Waals surface area (Å²) in [5, 5.41) is 16.5. The van der Waals surface area contributed by atoms with Crippen LogP contribution in [0.4, 0.5) is 0 Å². The van der Waals surface area contributed by atoms with E-state index in [0.717, 1.165) is 5.56 Å². The van der Waals surface area contributed by atoms with E-state index in [1.54, 1.807) is 19.1 Å². The molecule has 0 bridgehead atoms. The molecule has 0 aliphatic carbocycles. The number of hydrogen-bond donors (Lipinski definition) is 3. The Hall–Kier alpha value is -1.55. The first kappa shape index (κ1) is 17.8. The number of allylic oxidation sites excluding steroid dienone is 1. The van der Waals surface area contributed by atoms with Gasteiger partial charge < -0.3 is 25.2 Å². The Morgan fingerprint density at radius 3 is 2.78 bits per heavy atom. The normalized spacial score (nSPS) is 17.4. The average Bonchev–Trinajstić information content (AvgIpc) is 2.50. The molecule has 0 amide bonds. The summed E-state index contributed by atoms with van der Waals surface area (Å²) in [5.74, 6) is -0.00778. The summed E-state index contributed by atoms with van der Waals surface area (Å²) in [6, 6.07) is 2.99. The van der Waals surface area contributed by atoms with Crippen LogP contribution in [-0.2, 0) is 9.53 Å². The fourth-order valence-corrected chi connectivity index (χ4v) is 3.25. The quantitative estimate of drug-likeness (QED) is 0.371. The Labute approximate surface area is 153 Å². The van der Waals surface area contributed by atoms with Crippen LogP contribution in [-0.4, -0.2) is 29.9 Å². The summed E-state index contributed by atoms with van der Waals surface area (Å²) in [5.41, 5.74) is 1.82. The third-order valence-electron chi connectivity index (χ3n) is 3.36. The largest absolute Gasteiger partial charge is 0.504 e. The lowest BCUT2D eigenvalue weighted by atomic mass is 9.95. The van der Waals surface area contributed by atoms with Gasteiger partial charge in [-0.2, -0.15) is 0 Å². The number of carbonyl (C=O) groups excluding carboxylic acids is 1. The summed E-state index contributed by atoms with van der Waals surface area (Å²) in [6.45, 7) is 4.02. The number of esters is 1. The predicted molar refractivity (Wildman–Crippen MR) is 98.3 cm³/mol. The number of carbonyl (C=O) groups is 1. The lowest BCUT2D eigenvalue weighted by molar-refractivity contribution is -0.136. The molecule has 1 aliphatic rings. The Bertz CT molecular complexity index is 690. The van der Waals surface area contributed by atoms with Crippen LogP contribution < -0.4 is 15.4 Å². The minimum absolute atomic E-state index is 0.0769. The highest BCUT2D eigenvalue weighted by Crippen LogP contribution is 2.37. The molecule has 3 N–H and O–H groups in total. The zero-order valence-corrected chi connectivity index (χ0v) is 15.9. The Morgan fingerprint density at radius 2 is 2.17 bits per heavy atom. The number of ether oxygens (including phenoxy) is 2. The number of aromatic hydroxyl groups is 1. The molecule has 0 radical (unpaired) electrons. The third kappa shape index (κ3) is 3.69. The van der Waals surface area contributed by atoms with Gasteiger partial charge in [-0.15, -0.1) is 0 Å². The van der Waals surface area contributed by atoms with Crippen LogP contribution in [0, 0.1) is 3.57 Å². The number of nitrogens with one attached hydrogen (secondary N) is 2. The van der Waals surface area contributed by atoms with Crippen molar-refractivity contribution < 1.29 is 19.4 Å². The number of phenolic OH excluding ortho intramolecular Hbond substituents is 1. The van der Waals surface area contributed by atoms with Gasteiger partial charge in [0.05, 0.1) is 28.9 Å². The van der Waals surface area contributed by atoms with Gasteiger partial charge in [-0.1, -0.05) is 0 Å². The molecule has 124 valence electrons. The topological polar surface area (TPSA) is 79.8 Å². The first-order valence-electron chi connectivity index (χ1n) is 6.90. The Balaban J connectivity index is 2.56. The van der Waals surface area contributed by atoms with Crippen molar-refractivity contribution in [3.8, 4) is 11.5 Å². The molecular formula is C15H17IN2O4S. The highest BCUT2D eigenvalue weighted by molar-refractivity contribution is 14.1. The second kappa shape index (κ2) is 7.35. The SMILES string of the molecule is CCOc1cc(C2NC(=S)NC(C)=C2C(=O)OC)cc(I)c1O. The Morgan fingerprint density at radius 1 is 1.48 bits per heavy atom. The third-order valence-corrected chi connectivity index (χ3v) is 4.40. The molecule has 23 heavy (non-hydrogen) atoms. The van der Waals surface area contributed by atoms with Crippen LogP contribution in [0.25, 0.3) is 0 Å². The monoisotopic (exact) mass is 448 g/mol. The molecule has 1 heterocycles.